The van der Waals surface area contributed by atoms with Crippen molar-refractivity contribution in [2.75, 3.05) is 20.3 Å². The first-order chi connectivity index (χ1) is 11.2. The van der Waals surface area contributed by atoms with Gasteiger partial charge in [0.2, 0.25) is 5.88 Å². The molecule has 1 aliphatic rings. The number of hydrogen-bond acceptors (Lipinski definition) is 4. The minimum Gasteiger partial charge on any atom is -0.497 e. The summed E-state index contributed by atoms with van der Waals surface area (Å²) < 4.78 is 10.6. The lowest BCUT2D eigenvalue weighted by Crippen LogP contribution is -2.36. The highest BCUT2D eigenvalue weighted by Gasteiger charge is 2.23. The van der Waals surface area contributed by atoms with Gasteiger partial charge in [0, 0.05) is 31.1 Å². The summed E-state index contributed by atoms with van der Waals surface area (Å²) >= 11 is 0. The first-order valence-corrected chi connectivity index (χ1v) is 7.76. The number of fused-ring (bicyclic) bond motifs is 1. The number of pyridine rings is 1. The number of hydrogen-bond donors (Lipinski definition) is 0. The summed E-state index contributed by atoms with van der Waals surface area (Å²) in [7, 11) is 1.60. The van der Waals surface area contributed by atoms with Gasteiger partial charge < -0.3 is 14.4 Å². The maximum absolute atomic E-state index is 12.7. The number of carbonyl (C=O) groups is 1. The van der Waals surface area contributed by atoms with E-state index in [1.165, 1.54) is 0 Å². The number of methoxy groups -OCH3 is 1. The molecule has 1 aromatic carbocycles. The molecular weight excluding hydrogens is 292 g/mol. The van der Waals surface area contributed by atoms with Gasteiger partial charge in [-0.1, -0.05) is 12.1 Å². The lowest BCUT2D eigenvalue weighted by molar-refractivity contribution is 0.0733. The highest BCUT2D eigenvalue weighted by molar-refractivity contribution is 5.94. The van der Waals surface area contributed by atoms with Gasteiger partial charge in [0.1, 0.15) is 5.75 Å². The summed E-state index contributed by atoms with van der Waals surface area (Å²) in [5, 5.41) is 0. The molecule has 0 atom stereocenters. The van der Waals surface area contributed by atoms with Gasteiger partial charge in [-0.3, -0.25) is 4.79 Å². The smallest absolute Gasteiger partial charge is 0.254 e. The molecule has 2 aromatic rings. The van der Waals surface area contributed by atoms with Gasteiger partial charge in [0.05, 0.1) is 19.4 Å². The summed E-state index contributed by atoms with van der Waals surface area (Å²) in [5.41, 5.74) is 2.74. The van der Waals surface area contributed by atoms with Gasteiger partial charge in [-0.2, -0.15) is 0 Å². The lowest BCUT2D eigenvalue weighted by atomic mass is 10.0. The topological polar surface area (TPSA) is 51.7 Å². The van der Waals surface area contributed by atoms with E-state index in [9.17, 15) is 4.79 Å². The fourth-order valence-electron chi connectivity index (χ4n) is 2.74. The molecule has 1 aliphatic heterocycles. The molecule has 1 aromatic heterocycles. The molecule has 0 saturated heterocycles. The van der Waals surface area contributed by atoms with Crippen LogP contribution in [0.15, 0.2) is 36.4 Å². The number of rotatable bonds is 4. The Bertz CT molecular complexity index is 715. The number of ether oxygens (including phenoxy) is 2. The Hall–Kier alpha value is -2.56. The molecular formula is C18H20N2O3. The molecule has 0 fully saturated rings. The first-order valence-electron chi connectivity index (χ1n) is 7.76. The SMILES string of the molecule is CCOc1ccc2c(n1)CCN(C(=O)c1cccc(OC)c1)C2. The monoisotopic (exact) mass is 312 g/mol. The Labute approximate surface area is 135 Å². The van der Waals surface area contributed by atoms with Gasteiger partial charge in [0.15, 0.2) is 0 Å². The molecule has 0 unspecified atom stereocenters. The van der Waals surface area contributed by atoms with E-state index in [0.29, 0.717) is 36.9 Å². The molecule has 0 bridgehead atoms. The molecule has 2 heterocycles. The lowest BCUT2D eigenvalue weighted by Gasteiger charge is -2.28. The molecule has 3 rings (SSSR count). The van der Waals surface area contributed by atoms with Crippen molar-refractivity contribution in [3.8, 4) is 11.6 Å². The van der Waals surface area contributed by atoms with E-state index in [4.69, 9.17) is 9.47 Å². The van der Waals surface area contributed by atoms with E-state index >= 15 is 0 Å². The van der Waals surface area contributed by atoms with Gasteiger partial charge >= 0.3 is 0 Å². The van der Waals surface area contributed by atoms with E-state index < -0.39 is 0 Å². The van der Waals surface area contributed by atoms with Crippen LogP contribution < -0.4 is 9.47 Å². The van der Waals surface area contributed by atoms with Crippen LogP contribution in [-0.2, 0) is 13.0 Å². The fourth-order valence-corrected chi connectivity index (χ4v) is 2.74. The Morgan fingerprint density at radius 2 is 2.17 bits per heavy atom. The molecule has 0 aliphatic carbocycles. The average molecular weight is 312 g/mol. The van der Waals surface area contributed by atoms with Crippen LogP contribution in [-0.4, -0.2) is 36.1 Å². The van der Waals surface area contributed by atoms with Gasteiger partial charge in [-0.15, -0.1) is 0 Å². The van der Waals surface area contributed by atoms with Crippen LogP contribution in [0.1, 0.15) is 28.5 Å². The summed E-state index contributed by atoms with van der Waals surface area (Å²) in [4.78, 5) is 19.0. The molecule has 5 nitrogen and oxygen atoms in total. The van der Waals surface area contributed by atoms with Crippen molar-refractivity contribution in [2.24, 2.45) is 0 Å². The van der Waals surface area contributed by atoms with Crippen molar-refractivity contribution in [3.63, 3.8) is 0 Å². The number of carbonyl (C=O) groups excluding carboxylic acids is 1. The quantitative estimate of drug-likeness (QED) is 0.871. The minimum atomic E-state index is 0.0171. The van der Waals surface area contributed by atoms with Crippen molar-refractivity contribution >= 4 is 5.91 Å². The van der Waals surface area contributed by atoms with E-state index in [0.717, 1.165) is 17.7 Å². The van der Waals surface area contributed by atoms with Crippen LogP contribution in [0.4, 0.5) is 0 Å². The maximum Gasteiger partial charge on any atom is 0.254 e. The van der Waals surface area contributed by atoms with Crippen LogP contribution in [0, 0.1) is 0 Å². The van der Waals surface area contributed by atoms with E-state index in [1.807, 2.05) is 42.2 Å². The van der Waals surface area contributed by atoms with Crippen LogP contribution in [0.2, 0.25) is 0 Å². The van der Waals surface area contributed by atoms with Crippen molar-refractivity contribution in [3.05, 3.63) is 53.2 Å². The molecule has 0 spiro atoms. The Kier molecular flexibility index (Phi) is 4.46. The number of amides is 1. The van der Waals surface area contributed by atoms with Gasteiger partial charge in [-0.25, -0.2) is 4.98 Å². The van der Waals surface area contributed by atoms with Gasteiger partial charge in [-0.05, 0) is 30.7 Å². The molecule has 120 valence electrons. The summed E-state index contributed by atoms with van der Waals surface area (Å²) in [6, 6.07) is 11.1. The predicted octanol–water partition coefficient (Wildman–Crippen LogP) is 2.69. The maximum atomic E-state index is 12.7. The zero-order valence-corrected chi connectivity index (χ0v) is 13.4. The standard InChI is InChI=1S/C18H20N2O3/c1-3-23-17-8-7-14-12-20(10-9-16(14)19-17)18(21)13-5-4-6-15(11-13)22-2/h4-8,11H,3,9-10,12H2,1-2H3. The number of nitrogens with zero attached hydrogens (tertiary/aromatic N) is 2. The molecule has 1 amide bonds. The van der Waals surface area contributed by atoms with Crippen molar-refractivity contribution in [2.45, 2.75) is 19.9 Å². The minimum absolute atomic E-state index is 0.0171. The molecule has 0 saturated carbocycles. The van der Waals surface area contributed by atoms with Gasteiger partial charge in [0.25, 0.3) is 5.91 Å². The van der Waals surface area contributed by atoms with E-state index in [2.05, 4.69) is 4.98 Å². The van der Waals surface area contributed by atoms with Crippen LogP contribution >= 0.6 is 0 Å². The van der Waals surface area contributed by atoms with Crippen molar-refractivity contribution in [1.29, 1.82) is 0 Å². The first kappa shape index (κ1) is 15.3. The number of aromatic nitrogens is 1. The highest BCUT2D eigenvalue weighted by atomic mass is 16.5. The zero-order valence-electron chi connectivity index (χ0n) is 13.4. The average Bonchev–Trinajstić information content (AvgIpc) is 2.61. The largest absolute Gasteiger partial charge is 0.497 e. The third-order valence-corrected chi connectivity index (χ3v) is 3.92. The third-order valence-electron chi connectivity index (χ3n) is 3.92. The van der Waals surface area contributed by atoms with Crippen molar-refractivity contribution in [1.82, 2.24) is 9.88 Å². The second kappa shape index (κ2) is 6.69. The van der Waals surface area contributed by atoms with E-state index in [1.54, 1.807) is 13.2 Å². The summed E-state index contributed by atoms with van der Waals surface area (Å²) in [6.45, 7) is 3.78. The van der Waals surface area contributed by atoms with Crippen LogP contribution in [0.5, 0.6) is 11.6 Å². The highest BCUT2D eigenvalue weighted by Crippen LogP contribution is 2.23. The van der Waals surface area contributed by atoms with Crippen molar-refractivity contribution < 1.29 is 14.3 Å². The normalized spacial score (nSPS) is 13.4. The fraction of sp³-hybridized carbons (Fsp3) is 0.333. The predicted molar refractivity (Wildman–Crippen MR) is 86.8 cm³/mol. The molecule has 0 radical (unpaired) electrons. The van der Waals surface area contributed by atoms with E-state index in [-0.39, 0.29) is 5.91 Å². The summed E-state index contributed by atoms with van der Waals surface area (Å²) in [5.74, 6) is 1.36. The second-order valence-corrected chi connectivity index (χ2v) is 5.40. The molecule has 0 N–H and O–H groups in total. The van der Waals surface area contributed by atoms with Crippen LogP contribution in [0.3, 0.4) is 0 Å². The summed E-state index contributed by atoms with van der Waals surface area (Å²) in [6.07, 6.45) is 0.742. The molecule has 5 heteroatoms. The Morgan fingerprint density at radius 3 is 2.96 bits per heavy atom. The number of benzene rings is 1. The Balaban J connectivity index is 1.77. The zero-order chi connectivity index (χ0) is 16.2. The third kappa shape index (κ3) is 3.28. The second-order valence-electron chi connectivity index (χ2n) is 5.40. The Morgan fingerprint density at radius 1 is 1.30 bits per heavy atom. The van der Waals surface area contributed by atoms with Crippen LogP contribution in [0.25, 0.3) is 0 Å². The molecule has 23 heavy (non-hydrogen) atoms.